The van der Waals surface area contributed by atoms with Crippen LogP contribution in [0.2, 0.25) is 0 Å². The van der Waals surface area contributed by atoms with Gasteiger partial charge < -0.3 is 8.97 Å². The minimum absolute atomic E-state index is 1.50. The molecule has 0 radical (unpaired) electrons. The summed E-state index contributed by atoms with van der Waals surface area (Å²) in [5.41, 5.74) is 0. The Morgan fingerprint density at radius 1 is 0.312 bits per heavy atom. The second-order valence-corrected chi connectivity index (χ2v) is 6.59. The summed E-state index contributed by atoms with van der Waals surface area (Å²) in [7, 11) is 0. The van der Waals surface area contributed by atoms with Crippen molar-refractivity contribution in [1.82, 2.24) is 0 Å². The highest BCUT2D eigenvalue weighted by molar-refractivity contribution is 4.62. The zero-order valence-corrected chi connectivity index (χ0v) is 10.8. The molecule has 0 aromatic carbocycles. The van der Waals surface area contributed by atoms with Gasteiger partial charge in [-0.1, -0.05) is 0 Å². The van der Waals surface area contributed by atoms with Crippen molar-refractivity contribution in [3.05, 3.63) is 0 Å². The van der Waals surface area contributed by atoms with E-state index in [1.54, 1.807) is 0 Å². The van der Waals surface area contributed by atoms with Crippen LogP contribution in [0.15, 0.2) is 0 Å². The third kappa shape index (κ3) is 2.02. The van der Waals surface area contributed by atoms with Gasteiger partial charge in [0, 0.05) is 19.3 Å². The molecule has 3 heterocycles. The molecule has 0 amide bonds. The summed E-state index contributed by atoms with van der Waals surface area (Å²) in [5.74, 6) is 0. The molecule has 0 bridgehead atoms. The zero-order chi connectivity index (χ0) is 10.9. The first-order chi connectivity index (χ1) is 7.83. The molecule has 0 N–H and O–H groups in total. The van der Waals surface area contributed by atoms with Crippen LogP contribution in [0.25, 0.3) is 0 Å². The van der Waals surface area contributed by atoms with Crippen LogP contribution < -0.4 is 0 Å². The van der Waals surface area contributed by atoms with Gasteiger partial charge in [0.15, 0.2) is 0 Å². The summed E-state index contributed by atoms with van der Waals surface area (Å²) in [5, 5.41) is 0. The lowest BCUT2D eigenvalue weighted by Crippen LogP contribution is -2.55. The average molecular weight is 224 g/mol. The van der Waals surface area contributed by atoms with Gasteiger partial charge in [0.25, 0.3) is 0 Å². The first-order valence-corrected chi connectivity index (χ1v) is 7.53. The van der Waals surface area contributed by atoms with E-state index in [2.05, 4.69) is 0 Å². The molecule has 3 aliphatic rings. The second kappa shape index (κ2) is 4.30. The molecule has 0 atom stereocenters. The van der Waals surface area contributed by atoms with Crippen molar-refractivity contribution in [2.45, 2.75) is 38.5 Å². The largest absolute Gasteiger partial charge is 0.319 e. The van der Waals surface area contributed by atoms with E-state index in [9.17, 15) is 0 Å². The highest BCUT2D eigenvalue weighted by atomic mass is 15.4. The van der Waals surface area contributed by atoms with E-state index in [0.29, 0.717) is 0 Å². The molecular formula is C14H28N2+2. The monoisotopic (exact) mass is 224 g/mol. The van der Waals surface area contributed by atoms with E-state index in [-0.39, 0.29) is 0 Å². The van der Waals surface area contributed by atoms with Crippen LogP contribution in [0.1, 0.15) is 38.5 Å². The first kappa shape index (κ1) is 11.0. The molecule has 3 fully saturated rings. The number of rotatable bonds is 0. The van der Waals surface area contributed by atoms with E-state index in [0.717, 1.165) is 0 Å². The van der Waals surface area contributed by atoms with Gasteiger partial charge in [-0.25, -0.2) is 0 Å². The Balaban J connectivity index is 1.67. The van der Waals surface area contributed by atoms with Crippen LogP contribution in [0.3, 0.4) is 0 Å². The van der Waals surface area contributed by atoms with Crippen molar-refractivity contribution in [2.24, 2.45) is 0 Å². The van der Waals surface area contributed by atoms with Crippen molar-refractivity contribution >= 4 is 0 Å². The summed E-state index contributed by atoms with van der Waals surface area (Å²) in [6.07, 6.45) is 9.00. The number of quaternary nitrogens is 2. The standard InChI is InChI=1S/C14H28N2/c1-2-7-15(8-3-1)11-6-12-16(14-13-15)9-4-5-10-16/h1-14H2/q+2. The third-order valence-corrected chi connectivity index (χ3v) is 5.59. The summed E-state index contributed by atoms with van der Waals surface area (Å²) < 4.78 is 3.00. The Kier molecular flexibility index (Phi) is 2.97. The van der Waals surface area contributed by atoms with Crippen molar-refractivity contribution in [3.63, 3.8) is 0 Å². The Hall–Kier alpha value is -0.0800. The SMILES string of the molecule is C1CC[N+]2(CC1)CCC[N+]1(CCCC1)CC2. The van der Waals surface area contributed by atoms with E-state index < -0.39 is 0 Å². The number of piperidine rings is 1. The predicted octanol–water partition coefficient (Wildman–Crippen LogP) is 2.00. The normalized spacial score (nSPS) is 33.0. The molecule has 3 rings (SSSR count). The van der Waals surface area contributed by atoms with Gasteiger partial charge in [0.05, 0.1) is 39.3 Å². The molecule has 0 aromatic rings. The lowest BCUT2D eigenvalue weighted by Gasteiger charge is -2.41. The van der Waals surface area contributed by atoms with Crippen molar-refractivity contribution in [1.29, 1.82) is 0 Å². The van der Waals surface area contributed by atoms with E-state index >= 15 is 0 Å². The Morgan fingerprint density at radius 3 is 1.19 bits per heavy atom. The zero-order valence-electron chi connectivity index (χ0n) is 10.8. The molecular weight excluding hydrogens is 196 g/mol. The van der Waals surface area contributed by atoms with Crippen molar-refractivity contribution in [3.8, 4) is 0 Å². The fourth-order valence-electron chi connectivity index (χ4n) is 4.47. The van der Waals surface area contributed by atoms with Gasteiger partial charge in [-0.2, -0.15) is 0 Å². The minimum Gasteiger partial charge on any atom is -0.319 e. The van der Waals surface area contributed by atoms with Gasteiger partial charge in [0.2, 0.25) is 0 Å². The predicted molar refractivity (Wildman–Crippen MR) is 67.2 cm³/mol. The van der Waals surface area contributed by atoms with E-state index in [1.165, 1.54) is 99.8 Å². The third-order valence-electron chi connectivity index (χ3n) is 5.59. The molecule has 3 saturated heterocycles. The maximum absolute atomic E-state index is 1.50. The summed E-state index contributed by atoms with van der Waals surface area (Å²) in [4.78, 5) is 0. The van der Waals surface area contributed by atoms with E-state index in [4.69, 9.17) is 0 Å². The van der Waals surface area contributed by atoms with Crippen LogP contribution in [0.5, 0.6) is 0 Å². The van der Waals surface area contributed by atoms with Crippen molar-refractivity contribution < 1.29 is 8.97 Å². The van der Waals surface area contributed by atoms with Crippen molar-refractivity contribution in [2.75, 3.05) is 52.4 Å². The topological polar surface area (TPSA) is 0 Å². The highest BCUT2D eigenvalue weighted by Crippen LogP contribution is 2.27. The average Bonchev–Trinajstić information content (AvgIpc) is 2.70. The smallest absolute Gasteiger partial charge is 0.129 e. The van der Waals surface area contributed by atoms with Crippen LogP contribution in [-0.2, 0) is 0 Å². The maximum Gasteiger partial charge on any atom is 0.129 e. The minimum atomic E-state index is 1.50. The Labute approximate surface area is 100 Å². The quantitative estimate of drug-likeness (QED) is 0.552. The van der Waals surface area contributed by atoms with Gasteiger partial charge in [-0.05, 0) is 19.3 Å². The van der Waals surface area contributed by atoms with Gasteiger partial charge in [0.1, 0.15) is 13.1 Å². The number of hydrogen-bond donors (Lipinski definition) is 0. The van der Waals surface area contributed by atoms with Gasteiger partial charge in [-0.15, -0.1) is 0 Å². The number of nitrogens with zero attached hydrogens (tertiary/aromatic N) is 2. The fraction of sp³-hybridized carbons (Fsp3) is 1.00. The molecule has 16 heavy (non-hydrogen) atoms. The second-order valence-electron chi connectivity index (χ2n) is 6.59. The Bertz CT molecular complexity index is 237. The van der Waals surface area contributed by atoms with Crippen LogP contribution in [0.4, 0.5) is 0 Å². The molecule has 0 unspecified atom stereocenters. The molecule has 3 aliphatic heterocycles. The number of hydrogen-bond acceptors (Lipinski definition) is 0. The molecule has 92 valence electrons. The fourth-order valence-corrected chi connectivity index (χ4v) is 4.47. The highest BCUT2D eigenvalue weighted by Gasteiger charge is 2.40. The first-order valence-electron chi connectivity index (χ1n) is 7.53. The molecule has 2 heteroatoms. The lowest BCUT2D eigenvalue weighted by molar-refractivity contribution is -0.961. The molecule has 0 aromatic heterocycles. The van der Waals surface area contributed by atoms with Crippen LogP contribution >= 0.6 is 0 Å². The summed E-state index contributed by atoms with van der Waals surface area (Å²) in [6.45, 7) is 12.0. The van der Waals surface area contributed by atoms with Crippen LogP contribution in [0, 0.1) is 0 Å². The lowest BCUT2D eigenvalue weighted by atomic mass is 10.1. The molecule has 2 spiro atoms. The Morgan fingerprint density at radius 2 is 0.688 bits per heavy atom. The van der Waals surface area contributed by atoms with Crippen LogP contribution in [-0.4, -0.2) is 61.3 Å². The molecule has 0 saturated carbocycles. The molecule has 0 aliphatic carbocycles. The molecule has 2 nitrogen and oxygen atoms in total. The summed E-state index contributed by atoms with van der Waals surface area (Å²) in [6, 6.07) is 0. The van der Waals surface area contributed by atoms with E-state index in [1.807, 2.05) is 0 Å². The summed E-state index contributed by atoms with van der Waals surface area (Å²) >= 11 is 0. The van der Waals surface area contributed by atoms with Gasteiger partial charge >= 0.3 is 0 Å². The maximum atomic E-state index is 1.50. The van der Waals surface area contributed by atoms with Gasteiger partial charge in [-0.3, -0.25) is 0 Å².